The van der Waals surface area contributed by atoms with Gasteiger partial charge in [0.2, 0.25) is 0 Å². The van der Waals surface area contributed by atoms with Crippen LogP contribution in [0.4, 0.5) is 0 Å². The summed E-state index contributed by atoms with van der Waals surface area (Å²) >= 11 is 1.70. The summed E-state index contributed by atoms with van der Waals surface area (Å²) in [6, 6.07) is 8.30. The van der Waals surface area contributed by atoms with Crippen molar-refractivity contribution >= 4 is 17.3 Å². The van der Waals surface area contributed by atoms with Crippen molar-refractivity contribution in [1.82, 2.24) is 15.6 Å². The summed E-state index contributed by atoms with van der Waals surface area (Å²) in [4.78, 5) is 8.91. The van der Waals surface area contributed by atoms with Crippen LogP contribution in [0, 0.1) is 0 Å². The maximum absolute atomic E-state index is 5.18. The van der Waals surface area contributed by atoms with E-state index in [-0.39, 0.29) is 0 Å². The van der Waals surface area contributed by atoms with Gasteiger partial charge in [-0.2, -0.15) is 0 Å². The zero-order chi connectivity index (χ0) is 18.8. The second kappa shape index (κ2) is 10.8. The number of hydrogen-bond donors (Lipinski definition) is 2. The molecule has 0 aliphatic carbocycles. The van der Waals surface area contributed by atoms with Gasteiger partial charge in [-0.1, -0.05) is 26.0 Å². The first-order chi connectivity index (χ1) is 12.6. The van der Waals surface area contributed by atoms with Crippen LogP contribution in [-0.4, -0.2) is 31.6 Å². The van der Waals surface area contributed by atoms with Gasteiger partial charge in [0.15, 0.2) is 5.96 Å². The van der Waals surface area contributed by atoms with Gasteiger partial charge < -0.3 is 15.4 Å². The lowest BCUT2D eigenvalue weighted by Gasteiger charge is -2.11. The number of rotatable bonds is 9. The highest BCUT2D eigenvalue weighted by molar-refractivity contribution is 7.09. The van der Waals surface area contributed by atoms with E-state index in [0.717, 1.165) is 48.2 Å². The number of thiazole rings is 1. The van der Waals surface area contributed by atoms with Crippen molar-refractivity contribution in [3.8, 4) is 5.75 Å². The third kappa shape index (κ3) is 6.67. The average molecular weight is 375 g/mol. The van der Waals surface area contributed by atoms with Crippen LogP contribution < -0.4 is 15.4 Å². The topological polar surface area (TPSA) is 58.5 Å². The zero-order valence-corrected chi connectivity index (χ0v) is 17.0. The lowest BCUT2D eigenvalue weighted by molar-refractivity contribution is 0.414. The van der Waals surface area contributed by atoms with E-state index in [0.29, 0.717) is 12.5 Å². The van der Waals surface area contributed by atoms with E-state index >= 15 is 0 Å². The lowest BCUT2D eigenvalue weighted by atomic mass is 10.1. The van der Waals surface area contributed by atoms with E-state index in [2.05, 4.69) is 52.0 Å². The molecule has 2 aromatic rings. The third-order valence-electron chi connectivity index (χ3n) is 4.14. The number of benzene rings is 1. The number of nitrogens with one attached hydrogen (secondary N) is 2. The molecule has 0 atom stereocenters. The van der Waals surface area contributed by atoms with Gasteiger partial charge in [0.25, 0.3) is 0 Å². The van der Waals surface area contributed by atoms with Crippen LogP contribution in [0.2, 0.25) is 0 Å². The Balaban J connectivity index is 1.63. The van der Waals surface area contributed by atoms with Gasteiger partial charge in [0.05, 0.1) is 19.3 Å². The monoisotopic (exact) mass is 374 g/mol. The van der Waals surface area contributed by atoms with Crippen LogP contribution in [0.15, 0.2) is 34.6 Å². The number of aryl methyl sites for hydroxylation is 1. The second-order valence-corrected chi connectivity index (χ2v) is 7.42. The molecule has 1 aromatic heterocycles. The number of aromatic nitrogens is 1. The molecule has 1 heterocycles. The smallest absolute Gasteiger partial charge is 0.191 e. The highest BCUT2D eigenvalue weighted by atomic mass is 32.1. The molecule has 26 heavy (non-hydrogen) atoms. The molecule has 0 unspecified atom stereocenters. The number of aliphatic imine (C=N–C) groups is 1. The van der Waals surface area contributed by atoms with Crippen molar-refractivity contribution in [3.63, 3.8) is 0 Å². The predicted octanol–water partition coefficient (Wildman–Crippen LogP) is 3.96. The largest absolute Gasteiger partial charge is 0.497 e. The molecule has 0 spiro atoms. The molecule has 142 valence electrons. The number of hydrogen-bond acceptors (Lipinski definition) is 4. The Bertz CT molecular complexity index is 679. The fraction of sp³-hybridized carbons (Fsp3) is 0.500. The molecule has 1 aromatic carbocycles. The third-order valence-corrected chi connectivity index (χ3v) is 5.00. The summed E-state index contributed by atoms with van der Waals surface area (Å²) in [7, 11) is 3.49. The van der Waals surface area contributed by atoms with Crippen LogP contribution in [-0.2, 0) is 13.0 Å². The standard InChI is InChI=1S/C20H30N4OS/c1-15(2)18-14-26-19(24-18)13-23-20(21-3)22-12-6-5-7-16-8-10-17(25-4)11-9-16/h8-11,14-15H,5-7,12-13H2,1-4H3,(H2,21,22,23). The molecule has 0 fully saturated rings. The van der Waals surface area contributed by atoms with Crippen LogP contribution >= 0.6 is 11.3 Å². The Morgan fingerprint density at radius 3 is 2.58 bits per heavy atom. The first kappa shape index (κ1) is 20.2. The van der Waals surface area contributed by atoms with Crippen LogP contribution in [0.25, 0.3) is 0 Å². The van der Waals surface area contributed by atoms with Crippen LogP contribution in [0.5, 0.6) is 5.75 Å². The molecule has 0 radical (unpaired) electrons. The summed E-state index contributed by atoms with van der Waals surface area (Å²) in [5.41, 5.74) is 2.51. The number of unbranched alkanes of at least 4 members (excludes halogenated alkanes) is 1. The van der Waals surface area contributed by atoms with E-state index in [4.69, 9.17) is 4.74 Å². The lowest BCUT2D eigenvalue weighted by Crippen LogP contribution is -2.37. The van der Waals surface area contributed by atoms with Gasteiger partial charge in [-0.25, -0.2) is 4.98 Å². The minimum Gasteiger partial charge on any atom is -0.497 e. The van der Waals surface area contributed by atoms with E-state index in [1.54, 1.807) is 25.5 Å². The predicted molar refractivity (Wildman–Crippen MR) is 110 cm³/mol. The Hall–Kier alpha value is -2.08. The molecule has 0 aliphatic rings. The minimum absolute atomic E-state index is 0.475. The SMILES string of the molecule is CN=C(NCCCCc1ccc(OC)cc1)NCc1nc(C(C)C)cs1. The molecule has 2 N–H and O–H groups in total. The second-order valence-electron chi connectivity index (χ2n) is 6.48. The van der Waals surface area contributed by atoms with Crippen LogP contribution in [0.3, 0.4) is 0 Å². The number of methoxy groups -OCH3 is 1. The molecule has 6 heteroatoms. The Morgan fingerprint density at radius 2 is 1.96 bits per heavy atom. The van der Waals surface area contributed by atoms with Crippen molar-refractivity contribution in [2.24, 2.45) is 4.99 Å². The maximum Gasteiger partial charge on any atom is 0.191 e. The van der Waals surface area contributed by atoms with Gasteiger partial charge in [-0.15, -0.1) is 11.3 Å². The van der Waals surface area contributed by atoms with Gasteiger partial charge in [0, 0.05) is 19.0 Å². The Kier molecular flexibility index (Phi) is 8.41. The molecular weight excluding hydrogens is 344 g/mol. The Morgan fingerprint density at radius 1 is 1.19 bits per heavy atom. The average Bonchev–Trinajstić information content (AvgIpc) is 3.14. The zero-order valence-electron chi connectivity index (χ0n) is 16.2. The summed E-state index contributed by atoms with van der Waals surface area (Å²) in [5.74, 6) is 2.21. The normalized spacial score (nSPS) is 11.7. The van der Waals surface area contributed by atoms with E-state index in [9.17, 15) is 0 Å². The molecule has 0 saturated heterocycles. The maximum atomic E-state index is 5.18. The minimum atomic E-state index is 0.475. The first-order valence-corrected chi connectivity index (χ1v) is 10.0. The van der Waals surface area contributed by atoms with Crippen molar-refractivity contribution in [2.75, 3.05) is 20.7 Å². The Labute approximate surface area is 160 Å². The van der Waals surface area contributed by atoms with Crippen LogP contribution in [0.1, 0.15) is 48.9 Å². The first-order valence-electron chi connectivity index (χ1n) is 9.14. The van der Waals surface area contributed by atoms with E-state index in [1.807, 2.05) is 12.1 Å². The molecule has 5 nitrogen and oxygen atoms in total. The summed E-state index contributed by atoms with van der Waals surface area (Å²) in [6.07, 6.45) is 3.32. The number of ether oxygens (including phenoxy) is 1. The molecule has 2 rings (SSSR count). The van der Waals surface area contributed by atoms with Crippen molar-refractivity contribution in [2.45, 2.75) is 45.6 Å². The number of nitrogens with zero attached hydrogens (tertiary/aromatic N) is 2. The molecular formula is C20H30N4OS. The highest BCUT2D eigenvalue weighted by Gasteiger charge is 2.06. The van der Waals surface area contributed by atoms with Gasteiger partial charge >= 0.3 is 0 Å². The summed E-state index contributed by atoms with van der Waals surface area (Å²) in [6.45, 7) is 5.95. The highest BCUT2D eigenvalue weighted by Crippen LogP contribution is 2.17. The summed E-state index contributed by atoms with van der Waals surface area (Å²) in [5, 5.41) is 9.93. The van der Waals surface area contributed by atoms with E-state index in [1.165, 1.54) is 5.56 Å². The van der Waals surface area contributed by atoms with Gasteiger partial charge in [-0.3, -0.25) is 4.99 Å². The van der Waals surface area contributed by atoms with Crippen molar-refractivity contribution < 1.29 is 4.74 Å². The fourth-order valence-corrected chi connectivity index (χ4v) is 3.40. The van der Waals surface area contributed by atoms with Gasteiger partial charge in [0.1, 0.15) is 10.8 Å². The quantitative estimate of drug-likeness (QED) is 0.396. The molecule has 0 saturated carbocycles. The van der Waals surface area contributed by atoms with E-state index < -0.39 is 0 Å². The van der Waals surface area contributed by atoms with Crippen molar-refractivity contribution in [1.29, 1.82) is 0 Å². The molecule has 0 bridgehead atoms. The van der Waals surface area contributed by atoms with Crippen molar-refractivity contribution in [3.05, 3.63) is 45.9 Å². The molecule has 0 amide bonds. The number of guanidine groups is 1. The van der Waals surface area contributed by atoms with Gasteiger partial charge in [-0.05, 0) is 42.9 Å². The molecule has 0 aliphatic heterocycles. The summed E-state index contributed by atoms with van der Waals surface area (Å²) < 4.78 is 5.18. The fourth-order valence-electron chi connectivity index (χ4n) is 2.50.